The molecule has 72 valence electrons. The molecule has 0 amide bonds. The van der Waals surface area contributed by atoms with Gasteiger partial charge in [-0.2, -0.15) is 0 Å². The van der Waals surface area contributed by atoms with Crippen molar-refractivity contribution >= 4 is 5.88 Å². The Kier molecular flexibility index (Phi) is 2.10. The summed E-state index contributed by atoms with van der Waals surface area (Å²) in [4.78, 5) is 0. The summed E-state index contributed by atoms with van der Waals surface area (Å²) in [5.74, 6) is 1.10. The van der Waals surface area contributed by atoms with E-state index >= 15 is 0 Å². The minimum Gasteiger partial charge on any atom is -0.497 e. The van der Waals surface area contributed by atoms with E-state index in [9.17, 15) is 0 Å². The van der Waals surface area contributed by atoms with Crippen LogP contribution in [0.4, 0.5) is 5.88 Å². The molecule has 14 heavy (non-hydrogen) atoms. The van der Waals surface area contributed by atoms with Crippen molar-refractivity contribution in [3.63, 3.8) is 0 Å². The summed E-state index contributed by atoms with van der Waals surface area (Å²) in [6.07, 6.45) is 1.59. The number of aromatic nitrogens is 1. The summed E-state index contributed by atoms with van der Waals surface area (Å²) in [7, 11) is 1.62. The van der Waals surface area contributed by atoms with Crippen molar-refractivity contribution in [2.75, 3.05) is 12.8 Å². The van der Waals surface area contributed by atoms with Crippen LogP contribution in [0.5, 0.6) is 5.75 Å². The van der Waals surface area contributed by atoms with Gasteiger partial charge in [0.25, 0.3) is 0 Å². The normalized spacial score (nSPS) is 10.1. The van der Waals surface area contributed by atoms with Crippen LogP contribution in [-0.2, 0) is 0 Å². The number of benzene rings is 1. The van der Waals surface area contributed by atoms with Crippen molar-refractivity contribution in [1.29, 1.82) is 0 Å². The van der Waals surface area contributed by atoms with Gasteiger partial charge in [0.2, 0.25) is 5.88 Å². The number of nitrogens with two attached hydrogens (primary N) is 1. The lowest BCUT2D eigenvalue weighted by atomic mass is 10.1. The third-order valence-electron chi connectivity index (χ3n) is 1.98. The molecule has 0 spiro atoms. The van der Waals surface area contributed by atoms with Gasteiger partial charge in [-0.3, -0.25) is 0 Å². The fourth-order valence-corrected chi connectivity index (χ4v) is 1.26. The van der Waals surface area contributed by atoms with Gasteiger partial charge in [0.1, 0.15) is 5.75 Å². The molecule has 0 fully saturated rings. The molecule has 2 N–H and O–H groups in total. The van der Waals surface area contributed by atoms with Gasteiger partial charge < -0.3 is 15.0 Å². The SMILES string of the molecule is COc1cccc(-c2cnoc2N)c1. The zero-order chi connectivity index (χ0) is 9.97. The van der Waals surface area contributed by atoms with E-state index in [0.29, 0.717) is 5.88 Å². The second-order valence-electron chi connectivity index (χ2n) is 2.84. The molecule has 0 aliphatic rings. The second-order valence-corrected chi connectivity index (χ2v) is 2.84. The number of hydrogen-bond acceptors (Lipinski definition) is 4. The predicted octanol–water partition coefficient (Wildman–Crippen LogP) is 1.93. The Morgan fingerprint density at radius 3 is 2.93 bits per heavy atom. The summed E-state index contributed by atoms with van der Waals surface area (Å²) in [5, 5.41) is 3.61. The van der Waals surface area contributed by atoms with E-state index in [0.717, 1.165) is 16.9 Å². The number of nitrogens with zero attached hydrogens (tertiary/aromatic N) is 1. The van der Waals surface area contributed by atoms with Crippen molar-refractivity contribution < 1.29 is 9.26 Å². The molecule has 0 atom stereocenters. The van der Waals surface area contributed by atoms with Gasteiger partial charge in [0.15, 0.2) is 0 Å². The van der Waals surface area contributed by atoms with Crippen LogP contribution in [-0.4, -0.2) is 12.3 Å². The highest BCUT2D eigenvalue weighted by atomic mass is 16.5. The lowest BCUT2D eigenvalue weighted by Crippen LogP contribution is -1.86. The summed E-state index contributed by atoms with van der Waals surface area (Å²) in [6.45, 7) is 0. The highest BCUT2D eigenvalue weighted by Crippen LogP contribution is 2.27. The van der Waals surface area contributed by atoms with Crippen LogP contribution in [0.3, 0.4) is 0 Å². The molecule has 0 aliphatic carbocycles. The first-order chi connectivity index (χ1) is 6.81. The summed E-state index contributed by atoms with van der Waals surface area (Å²) in [6, 6.07) is 7.56. The van der Waals surface area contributed by atoms with Gasteiger partial charge in [-0.25, -0.2) is 0 Å². The minimum atomic E-state index is 0.318. The monoisotopic (exact) mass is 190 g/mol. The molecule has 0 unspecified atom stereocenters. The molecule has 1 aromatic carbocycles. The molecule has 0 saturated carbocycles. The molecule has 0 radical (unpaired) electrons. The number of ether oxygens (including phenoxy) is 1. The van der Waals surface area contributed by atoms with Crippen molar-refractivity contribution in [1.82, 2.24) is 5.16 Å². The molecule has 1 heterocycles. The van der Waals surface area contributed by atoms with Crippen molar-refractivity contribution in [2.45, 2.75) is 0 Å². The Balaban J connectivity index is 2.47. The Hall–Kier alpha value is -1.97. The first-order valence-electron chi connectivity index (χ1n) is 4.16. The fourth-order valence-electron chi connectivity index (χ4n) is 1.26. The fraction of sp³-hybridized carbons (Fsp3) is 0.100. The molecule has 0 bridgehead atoms. The van der Waals surface area contributed by atoms with Gasteiger partial charge in [-0.1, -0.05) is 17.3 Å². The summed E-state index contributed by atoms with van der Waals surface area (Å²) in [5.41, 5.74) is 7.31. The van der Waals surface area contributed by atoms with Crippen LogP contribution in [0, 0.1) is 0 Å². The number of nitrogen functional groups attached to an aromatic ring is 1. The van der Waals surface area contributed by atoms with Crippen molar-refractivity contribution in [3.05, 3.63) is 30.5 Å². The van der Waals surface area contributed by atoms with Crippen LogP contribution >= 0.6 is 0 Å². The number of hydrogen-bond donors (Lipinski definition) is 1. The molecule has 0 aliphatic heterocycles. The highest BCUT2D eigenvalue weighted by molar-refractivity contribution is 5.72. The van der Waals surface area contributed by atoms with Gasteiger partial charge in [0, 0.05) is 0 Å². The standard InChI is InChI=1S/C10H10N2O2/c1-13-8-4-2-3-7(5-8)9-6-12-14-10(9)11/h2-6H,11H2,1H3. The molecule has 0 saturated heterocycles. The molecule has 2 rings (SSSR count). The topological polar surface area (TPSA) is 61.3 Å². The van der Waals surface area contributed by atoms with Gasteiger partial charge in [-0.05, 0) is 17.7 Å². The highest BCUT2D eigenvalue weighted by Gasteiger charge is 2.06. The molecule has 4 nitrogen and oxygen atoms in total. The van der Waals surface area contributed by atoms with E-state index in [-0.39, 0.29) is 0 Å². The average molecular weight is 190 g/mol. The van der Waals surface area contributed by atoms with E-state index in [4.69, 9.17) is 15.0 Å². The number of methoxy groups -OCH3 is 1. The van der Waals surface area contributed by atoms with Crippen molar-refractivity contribution in [2.24, 2.45) is 0 Å². The first kappa shape index (κ1) is 8.62. The quantitative estimate of drug-likeness (QED) is 0.786. The number of anilines is 1. The molecule has 4 heteroatoms. The van der Waals surface area contributed by atoms with Gasteiger partial charge in [-0.15, -0.1) is 0 Å². The molecular weight excluding hydrogens is 180 g/mol. The smallest absolute Gasteiger partial charge is 0.229 e. The third kappa shape index (κ3) is 1.42. The maximum Gasteiger partial charge on any atom is 0.229 e. The third-order valence-corrected chi connectivity index (χ3v) is 1.98. The van der Waals surface area contributed by atoms with Crippen LogP contribution in [0.2, 0.25) is 0 Å². The van der Waals surface area contributed by atoms with E-state index in [1.165, 1.54) is 0 Å². The lowest BCUT2D eigenvalue weighted by molar-refractivity contribution is 0.415. The minimum absolute atomic E-state index is 0.318. The van der Waals surface area contributed by atoms with E-state index in [1.807, 2.05) is 24.3 Å². The van der Waals surface area contributed by atoms with E-state index in [2.05, 4.69) is 5.16 Å². The van der Waals surface area contributed by atoms with Crippen molar-refractivity contribution in [3.8, 4) is 16.9 Å². The first-order valence-corrected chi connectivity index (χ1v) is 4.16. The molecule has 1 aromatic heterocycles. The van der Waals surface area contributed by atoms with E-state index in [1.54, 1.807) is 13.3 Å². The van der Waals surface area contributed by atoms with Gasteiger partial charge >= 0.3 is 0 Å². The molecular formula is C10H10N2O2. The van der Waals surface area contributed by atoms with Gasteiger partial charge in [0.05, 0.1) is 18.9 Å². The Morgan fingerprint density at radius 1 is 1.43 bits per heavy atom. The number of rotatable bonds is 2. The maximum atomic E-state index is 5.59. The van der Waals surface area contributed by atoms with E-state index < -0.39 is 0 Å². The Morgan fingerprint density at radius 2 is 2.29 bits per heavy atom. The van der Waals surface area contributed by atoms with Crippen LogP contribution in [0.15, 0.2) is 35.0 Å². The average Bonchev–Trinajstić information content (AvgIpc) is 2.65. The molecule has 2 aromatic rings. The summed E-state index contributed by atoms with van der Waals surface area (Å²) >= 11 is 0. The maximum absolute atomic E-state index is 5.59. The summed E-state index contributed by atoms with van der Waals surface area (Å²) < 4.78 is 9.88. The van der Waals surface area contributed by atoms with Crippen LogP contribution in [0.1, 0.15) is 0 Å². The Labute approximate surface area is 81.3 Å². The lowest BCUT2D eigenvalue weighted by Gasteiger charge is -2.01. The van der Waals surface area contributed by atoms with Crippen LogP contribution < -0.4 is 10.5 Å². The zero-order valence-electron chi connectivity index (χ0n) is 7.73. The van der Waals surface area contributed by atoms with Crippen LogP contribution in [0.25, 0.3) is 11.1 Å². The second kappa shape index (κ2) is 3.41. The Bertz CT molecular complexity index is 437. The zero-order valence-corrected chi connectivity index (χ0v) is 7.73. The predicted molar refractivity (Wildman–Crippen MR) is 52.9 cm³/mol. The largest absolute Gasteiger partial charge is 0.497 e.